The Morgan fingerprint density at radius 3 is 1.39 bits per heavy atom. The Morgan fingerprint density at radius 2 is 0.935 bits per heavy atom. The molecule has 2 aromatic rings. The second-order valence-electron chi connectivity index (χ2n) is 7.88. The molecule has 0 radical (unpaired) electrons. The van der Waals surface area contributed by atoms with Crippen molar-refractivity contribution in [1.82, 2.24) is 15.0 Å². The fourth-order valence-electron chi connectivity index (χ4n) is 4.11. The van der Waals surface area contributed by atoms with Gasteiger partial charge in [-0.3, -0.25) is 0 Å². The minimum Gasteiger partial charge on any atom is -0.378 e. The van der Waals surface area contributed by atoms with Gasteiger partial charge in [-0.05, 0) is 24.3 Å². The van der Waals surface area contributed by atoms with Gasteiger partial charge in [-0.15, -0.1) is 0 Å². The first-order chi connectivity index (χ1) is 15.3. The normalized spacial score (nSPS) is 20.3. The van der Waals surface area contributed by atoms with Crippen LogP contribution in [0.1, 0.15) is 0 Å². The van der Waals surface area contributed by atoms with Crippen molar-refractivity contribution in [3.63, 3.8) is 0 Å². The molecule has 0 bridgehead atoms. The summed E-state index contributed by atoms with van der Waals surface area (Å²) in [7, 11) is 0. The van der Waals surface area contributed by atoms with Crippen LogP contribution in [0.2, 0.25) is 0 Å². The van der Waals surface area contributed by atoms with Gasteiger partial charge in [0.05, 0.1) is 26.4 Å². The van der Waals surface area contributed by atoms with Crippen LogP contribution in [0.15, 0.2) is 24.3 Å². The van der Waals surface area contributed by atoms with Crippen molar-refractivity contribution in [3.05, 3.63) is 30.1 Å². The fraction of sp³-hybridized carbons (Fsp3) is 0.571. The Bertz CT molecular complexity index is 828. The molecule has 0 atom stereocenters. The maximum absolute atomic E-state index is 13.2. The molecule has 3 aliphatic heterocycles. The third kappa shape index (κ3) is 4.64. The molecule has 10 heteroatoms. The summed E-state index contributed by atoms with van der Waals surface area (Å²) in [6.45, 7) is 9.12. The van der Waals surface area contributed by atoms with Crippen LogP contribution in [0.4, 0.5) is 27.9 Å². The number of benzene rings is 1. The quantitative estimate of drug-likeness (QED) is 0.708. The molecule has 0 N–H and O–H groups in total. The molecule has 1 aromatic carbocycles. The number of halogens is 1. The largest absolute Gasteiger partial charge is 0.378 e. The highest BCUT2D eigenvalue weighted by Crippen LogP contribution is 2.23. The molecule has 3 aliphatic rings. The first-order valence-corrected chi connectivity index (χ1v) is 10.9. The predicted octanol–water partition coefficient (Wildman–Crippen LogP) is 1.01. The number of morpholine rings is 2. The zero-order chi connectivity index (χ0) is 21.0. The maximum atomic E-state index is 13.2. The number of aromatic nitrogens is 3. The third-order valence-corrected chi connectivity index (χ3v) is 5.94. The predicted molar refractivity (Wildman–Crippen MR) is 117 cm³/mol. The Kier molecular flexibility index (Phi) is 5.99. The van der Waals surface area contributed by atoms with Crippen LogP contribution in [0.3, 0.4) is 0 Å². The SMILES string of the molecule is Fc1ccc(N2CCN(c3nc(N4CCOCC4)nc(N4CCOCC4)n3)CC2)cc1. The van der Waals surface area contributed by atoms with E-state index in [9.17, 15) is 4.39 Å². The molecule has 5 rings (SSSR count). The minimum atomic E-state index is -0.209. The molecule has 3 fully saturated rings. The summed E-state index contributed by atoms with van der Waals surface area (Å²) >= 11 is 0. The standard InChI is InChI=1S/C21H28FN7O2/c22-17-1-3-18(4-2-17)26-5-7-27(8-6-26)19-23-20(28-9-13-30-14-10-28)25-21(24-19)29-11-15-31-16-12-29/h1-4H,5-16H2. The Hall–Kier alpha value is -2.72. The minimum absolute atomic E-state index is 0.209. The van der Waals surface area contributed by atoms with E-state index in [2.05, 4.69) is 19.6 Å². The van der Waals surface area contributed by atoms with E-state index in [1.165, 1.54) is 12.1 Å². The van der Waals surface area contributed by atoms with Gasteiger partial charge in [0, 0.05) is 58.0 Å². The maximum Gasteiger partial charge on any atom is 0.232 e. The molecular weight excluding hydrogens is 401 g/mol. The zero-order valence-electron chi connectivity index (χ0n) is 17.6. The summed E-state index contributed by atoms with van der Waals surface area (Å²) in [5.74, 6) is 1.95. The van der Waals surface area contributed by atoms with Crippen LogP contribution in [-0.4, -0.2) is 93.7 Å². The van der Waals surface area contributed by atoms with Crippen LogP contribution < -0.4 is 19.6 Å². The fourth-order valence-corrected chi connectivity index (χ4v) is 4.11. The van der Waals surface area contributed by atoms with Crippen molar-refractivity contribution < 1.29 is 13.9 Å². The van der Waals surface area contributed by atoms with Crippen molar-refractivity contribution in [1.29, 1.82) is 0 Å². The smallest absolute Gasteiger partial charge is 0.232 e. The lowest BCUT2D eigenvalue weighted by Gasteiger charge is -2.37. The zero-order valence-corrected chi connectivity index (χ0v) is 17.6. The molecule has 31 heavy (non-hydrogen) atoms. The molecule has 0 amide bonds. The summed E-state index contributed by atoms with van der Waals surface area (Å²) in [6, 6.07) is 6.69. The highest BCUT2D eigenvalue weighted by atomic mass is 19.1. The molecule has 9 nitrogen and oxygen atoms in total. The van der Waals surface area contributed by atoms with Gasteiger partial charge in [0.1, 0.15) is 5.82 Å². The van der Waals surface area contributed by atoms with Crippen molar-refractivity contribution in [2.24, 2.45) is 0 Å². The number of hydrogen-bond donors (Lipinski definition) is 0. The number of ether oxygens (including phenoxy) is 2. The van der Waals surface area contributed by atoms with Gasteiger partial charge in [0.15, 0.2) is 0 Å². The van der Waals surface area contributed by atoms with Gasteiger partial charge >= 0.3 is 0 Å². The van der Waals surface area contributed by atoms with Gasteiger partial charge in [0.25, 0.3) is 0 Å². The lowest BCUT2D eigenvalue weighted by molar-refractivity contribution is 0.121. The lowest BCUT2D eigenvalue weighted by Crippen LogP contribution is -2.47. The van der Waals surface area contributed by atoms with Gasteiger partial charge < -0.3 is 29.1 Å². The average molecular weight is 430 g/mol. The summed E-state index contributed by atoms with van der Waals surface area (Å²) in [5, 5.41) is 0. The van der Waals surface area contributed by atoms with Gasteiger partial charge in [-0.1, -0.05) is 0 Å². The van der Waals surface area contributed by atoms with E-state index in [-0.39, 0.29) is 5.82 Å². The third-order valence-electron chi connectivity index (χ3n) is 5.94. The van der Waals surface area contributed by atoms with E-state index < -0.39 is 0 Å². The number of anilines is 4. The average Bonchev–Trinajstić information content (AvgIpc) is 2.85. The molecule has 0 spiro atoms. The monoisotopic (exact) mass is 429 g/mol. The second kappa shape index (κ2) is 9.19. The van der Waals surface area contributed by atoms with E-state index >= 15 is 0 Å². The molecule has 3 saturated heterocycles. The Morgan fingerprint density at radius 1 is 0.548 bits per heavy atom. The van der Waals surface area contributed by atoms with Crippen LogP contribution >= 0.6 is 0 Å². The molecular formula is C21H28FN7O2. The Balaban J connectivity index is 1.35. The summed E-state index contributed by atoms with van der Waals surface area (Å²) in [4.78, 5) is 23.3. The molecule has 4 heterocycles. The first-order valence-electron chi connectivity index (χ1n) is 10.9. The van der Waals surface area contributed by atoms with E-state index in [1.54, 1.807) is 0 Å². The van der Waals surface area contributed by atoms with Crippen molar-refractivity contribution >= 4 is 23.5 Å². The first kappa shape index (κ1) is 20.2. The topological polar surface area (TPSA) is 70.1 Å². The van der Waals surface area contributed by atoms with E-state index in [0.29, 0.717) is 26.4 Å². The Labute approximate surface area is 181 Å². The molecule has 0 saturated carbocycles. The number of nitrogens with zero attached hydrogens (tertiary/aromatic N) is 7. The highest BCUT2D eigenvalue weighted by molar-refractivity contribution is 5.51. The summed E-state index contributed by atoms with van der Waals surface area (Å²) in [6.07, 6.45) is 0. The van der Waals surface area contributed by atoms with Crippen molar-refractivity contribution in [2.45, 2.75) is 0 Å². The van der Waals surface area contributed by atoms with Crippen molar-refractivity contribution in [3.8, 4) is 0 Å². The summed E-state index contributed by atoms with van der Waals surface area (Å²) in [5.41, 5.74) is 1.04. The van der Waals surface area contributed by atoms with E-state index in [1.807, 2.05) is 12.1 Å². The van der Waals surface area contributed by atoms with Crippen LogP contribution in [0.5, 0.6) is 0 Å². The van der Waals surface area contributed by atoms with Crippen LogP contribution in [-0.2, 0) is 9.47 Å². The number of hydrogen-bond acceptors (Lipinski definition) is 9. The van der Waals surface area contributed by atoms with Crippen LogP contribution in [0.25, 0.3) is 0 Å². The number of rotatable bonds is 4. The van der Waals surface area contributed by atoms with E-state index in [4.69, 9.17) is 24.4 Å². The van der Waals surface area contributed by atoms with Gasteiger partial charge in [-0.2, -0.15) is 15.0 Å². The lowest BCUT2D eigenvalue weighted by atomic mass is 10.2. The second-order valence-corrected chi connectivity index (χ2v) is 7.88. The highest BCUT2D eigenvalue weighted by Gasteiger charge is 2.25. The molecule has 1 aromatic heterocycles. The van der Waals surface area contributed by atoms with Crippen molar-refractivity contribution in [2.75, 3.05) is 98.4 Å². The van der Waals surface area contributed by atoms with Gasteiger partial charge in [-0.25, -0.2) is 4.39 Å². The van der Waals surface area contributed by atoms with E-state index in [0.717, 1.165) is 75.9 Å². The number of piperazine rings is 1. The van der Waals surface area contributed by atoms with Gasteiger partial charge in [0.2, 0.25) is 17.8 Å². The molecule has 0 aliphatic carbocycles. The summed E-state index contributed by atoms with van der Waals surface area (Å²) < 4.78 is 24.2. The molecule has 0 unspecified atom stereocenters. The molecule has 166 valence electrons. The van der Waals surface area contributed by atoms with Crippen LogP contribution in [0, 0.1) is 5.82 Å².